The van der Waals surface area contributed by atoms with Crippen LogP contribution in [0, 0.1) is 0 Å². The first-order chi connectivity index (χ1) is 11.0. The normalized spacial score (nSPS) is 14.4. The molecule has 118 valence electrons. The zero-order valence-corrected chi connectivity index (χ0v) is 13.9. The fourth-order valence-electron chi connectivity index (χ4n) is 2.26. The second-order valence-corrected chi connectivity index (χ2v) is 6.89. The summed E-state index contributed by atoms with van der Waals surface area (Å²) in [6.07, 6.45) is 0. The molecule has 1 unspecified atom stereocenters. The highest BCUT2D eigenvalue weighted by atomic mass is 35.5. The smallest absolute Gasteiger partial charge is 0.262 e. The van der Waals surface area contributed by atoms with Crippen LogP contribution in [0.25, 0.3) is 0 Å². The number of hydrogen-bond donors (Lipinski definition) is 1. The predicted molar refractivity (Wildman–Crippen MR) is 91.7 cm³/mol. The molecule has 0 fully saturated rings. The van der Waals surface area contributed by atoms with Crippen LogP contribution < -0.4 is 10.1 Å². The Bertz CT molecular complexity index is 778. The van der Waals surface area contributed by atoms with Gasteiger partial charge in [-0.3, -0.25) is 9.59 Å². The first-order valence-electron chi connectivity index (χ1n) is 7.06. The summed E-state index contributed by atoms with van der Waals surface area (Å²) in [6, 6.07) is 12.5. The molecular formula is C17H14ClNO3S. The van der Waals surface area contributed by atoms with E-state index < -0.39 is 0 Å². The number of hydrogen-bond acceptors (Lipinski definition) is 4. The molecule has 0 saturated carbocycles. The van der Waals surface area contributed by atoms with E-state index in [4.69, 9.17) is 16.3 Å². The number of Topliss-reactive ketones (excluding diaryl/α,β-unsaturated/α-hetero) is 1. The maximum Gasteiger partial charge on any atom is 0.262 e. The number of carbonyl (C=O) groups is 2. The second kappa shape index (κ2) is 6.64. The Morgan fingerprint density at radius 2 is 2.09 bits per heavy atom. The van der Waals surface area contributed by atoms with Crippen LogP contribution in [0.5, 0.6) is 5.75 Å². The van der Waals surface area contributed by atoms with E-state index in [-0.39, 0.29) is 23.5 Å². The molecule has 0 bridgehead atoms. The van der Waals surface area contributed by atoms with Crippen molar-refractivity contribution < 1.29 is 14.3 Å². The first kappa shape index (κ1) is 15.9. The summed E-state index contributed by atoms with van der Waals surface area (Å²) in [5, 5.41) is 3.04. The van der Waals surface area contributed by atoms with Crippen LogP contribution in [0.4, 0.5) is 5.69 Å². The van der Waals surface area contributed by atoms with E-state index in [0.29, 0.717) is 22.0 Å². The van der Waals surface area contributed by atoms with E-state index in [1.807, 2.05) is 25.1 Å². The average Bonchev–Trinajstić information content (AvgIpc) is 2.55. The number of amides is 1. The Hall–Kier alpha value is -1.98. The van der Waals surface area contributed by atoms with E-state index >= 15 is 0 Å². The van der Waals surface area contributed by atoms with Gasteiger partial charge in [0.1, 0.15) is 5.75 Å². The van der Waals surface area contributed by atoms with Gasteiger partial charge in [0.25, 0.3) is 5.91 Å². The third kappa shape index (κ3) is 3.51. The summed E-state index contributed by atoms with van der Waals surface area (Å²) in [5.41, 5.74) is 1.06. The molecule has 1 atom stereocenters. The van der Waals surface area contributed by atoms with Crippen molar-refractivity contribution in [3.8, 4) is 5.75 Å². The molecule has 0 saturated heterocycles. The largest absolute Gasteiger partial charge is 0.482 e. The molecule has 1 N–H and O–H groups in total. The SMILES string of the molecule is CC(Sc1ccccc1Cl)C(=O)c1ccc2c(c1)NC(=O)CO2. The predicted octanol–water partition coefficient (Wildman–Crippen LogP) is 4.03. The van der Waals surface area contributed by atoms with Gasteiger partial charge in [-0.2, -0.15) is 0 Å². The highest BCUT2D eigenvalue weighted by Crippen LogP contribution is 2.33. The molecular weight excluding hydrogens is 334 g/mol. The fraction of sp³-hybridized carbons (Fsp3) is 0.176. The van der Waals surface area contributed by atoms with Crippen LogP contribution in [-0.4, -0.2) is 23.5 Å². The van der Waals surface area contributed by atoms with Gasteiger partial charge in [-0.15, -0.1) is 11.8 Å². The number of fused-ring (bicyclic) bond motifs is 1. The molecule has 0 spiro atoms. The van der Waals surface area contributed by atoms with Crippen molar-refractivity contribution in [1.29, 1.82) is 0 Å². The number of nitrogens with one attached hydrogen (secondary N) is 1. The van der Waals surface area contributed by atoms with Crippen LogP contribution in [0.1, 0.15) is 17.3 Å². The van der Waals surface area contributed by atoms with Gasteiger partial charge < -0.3 is 10.1 Å². The second-order valence-electron chi connectivity index (χ2n) is 5.10. The van der Waals surface area contributed by atoms with Crippen molar-refractivity contribution in [2.75, 3.05) is 11.9 Å². The van der Waals surface area contributed by atoms with E-state index in [0.717, 1.165) is 4.90 Å². The Labute approximate surface area is 143 Å². The molecule has 1 heterocycles. The van der Waals surface area contributed by atoms with Crippen molar-refractivity contribution in [2.24, 2.45) is 0 Å². The quantitative estimate of drug-likeness (QED) is 0.670. The molecule has 0 aromatic heterocycles. The van der Waals surface area contributed by atoms with Gasteiger partial charge in [0.05, 0.1) is 16.0 Å². The highest BCUT2D eigenvalue weighted by Gasteiger charge is 2.21. The fourth-order valence-corrected chi connectivity index (χ4v) is 3.49. The molecule has 2 aromatic rings. The molecule has 2 aromatic carbocycles. The first-order valence-corrected chi connectivity index (χ1v) is 8.32. The Morgan fingerprint density at radius 3 is 2.87 bits per heavy atom. The molecule has 0 aliphatic carbocycles. The molecule has 6 heteroatoms. The number of rotatable bonds is 4. The van der Waals surface area contributed by atoms with Crippen LogP contribution in [0.2, 0.25) is 5.02 Å². The summed E-state index contributed by atoms with van der Waals surface area (Å²) in [7, 11) is 0. The number of benzene rings is 2. The number of anilines is 1. The minimum atomic E-state index is -0.298. The van der Waals surface area contributed by atoms with Crippen LogP contribution in [0.3, 0.4) is 0 Å². The van der Waals surface area contributed by atoms with Crippen LogP contribution >= 0.6 is 23.4 Å². The van der Waals surface area contributed by atoms with Gasteiger partial charge in [0.2, 0.25) is 0 Å². The van der Waals surface area contributed by atoms with Crippen LogP contribution in [0.15, 0.2) is 47.4 Å². The molecule has 4 nitrogen and oxygen atoms in total. The summed E-state index contributed by atoms with van der Waals surface area (Å²) in [4.78, 5) is 24.9. The highest BCUT2D eigenvalue weighted by molar-refractivity contribution is 8.00. The molecule has 1 aliphatic rings. The van der Waals surface area contributed by atoms with Gasteiger partial charge >= 0.3 is 0 Å². The monoisotopic (exact) mass is 347 g/mol. The molecule has 3 rings (SSSR count). The maximum atomic E-state index is 12.6. The van der Waals surface area contributed by atoms with E-state index in [1.165, 1.54) is 11.8 Å². The van der Waals surface area contributed by atoms with Crippen molar-refractivity contribution in [2.45, 2.75) is 17.1 Å². The van der Waals surface area contributed by atoms with Crippen molar-refractivity contribution >= 4 is 40.7 Å². The lowest BCUT2D eigenvalue weighted by Crippen LogP contribution is -2.25. The van der Waals surface area contributed by atoms with E-state index in [2.05, 4.69) is 5.32 Å². The summed E-state index contributed by atoms with van der Waals surface area (Å²) in [6.45, 7) is 1.84. The Morgan fingerprint density at radius 1 is 1.30 bits per heavy atom. The summed E-state index contributed by atoms with van der Waals surface area (Å²) >= 11 is 7.54. The standard InChI is InChI=1S/C17H14ClNO3S/c1-10(23-15-5-3-2-4-12(15)18)17(21)11-6-7-14-13(8-11)19-16(20)9-22-14/h2-8,10H,9H2,1H3,(H,19,20). The van der Waals surface area contributed by atoms with Gasteiger partial charge in [-0.1, -0.05) is 23.7 Å². The minimum absolute atomic E-state index is 0.000939. The Kier molecular flexibility index (Phi) is 4.59. The van der Waals surface area contributed by atoms with Crippen molar-refractivity contribution in [3.05, 3.63) is 53.1 Å². The van der Waals surface area contributed by atoms with Gasteiger partial charge in [-0.05, 0) is 37.3 Å². The molecule has 1 amide bonds. The number of carbonyl (C=O) groups excluding carboxylic acids is 2. The zero-order valence-electron chi connectivity index (χ0n) is 12.3. The minimum Gasteiger partial charge on any atom is -0.482 e. The maximum absolute atomic E-state index is 12.6. The number of ketones is 1. The molecule has 23 heavy (non-hydrogen) atoms. The lowest BCUT2D eigenvalue weighted by atomic mass is 10.1. The average molecular weight is 348 g/mol. The van der Waals surface area contributed by atoms with Crippen molar-refractivity contribution in [1.82, 2.24) is 0 Å². The van der Waals surface area contributed by atoms with Crippen molar-refractivity contribution in [3.63, 3.8) is 0 Å². The van der Waals surface area contributed by atoms with E-state index in [1.54, 1.807) is 24.3 Å². The lowest BCUT2D eigenvalue weighted by molar-refractivity contribution is -0.118. The third-order valence-electron chi connectivity index (χ3n) is 3.41. The summed E-state index contributed by atoms with van der Waals surface area (Å²) < 4.78 is 5.30. The third-order valence-corrected chi connectivity index (χ3v) is 5.03. The van der Waals surface area contributed by atoms with Crippen LogP contribution in [-0.2, 0) is 4.79 Å². The zero-order chi connectivity index (χ0) is 16.4. The molecule has 1 aliphatic heterocycles. The number of ether oxygens (including phenoxy) is 1. The van der Waals surface area contributed by atoms with E-state index in [9.17, 15) is 9.59 Å². The number of halogens is 1. The number of thioether (sulfide) groups is 1. The Balaban J connectivity index is 1.79. The lowest BCUT2D eigenvalue weighted by Gasteiger charge is -2.19. The van der Waals surface area contributed by atoms with Gasteiger partial charge in [-0.25, -0.2) is 0 Å². The van der Waals surface area contributed by atoms with Gasteiger partial charge in [0.15, 0.2) is 12.4 Å². The van der Waals surface area contributed by atoms with Gasteiger partial charge in [0, 0.05) is 10.5 Å². The summed E-state index contributed by atoms with van der Waals surface area (Å²) in [5.74, 6) is 0.325. The molecule has 0 radical (unpaired) electrons. The topological polar surface area (TPSA) is 55.4 Å².